The number of primary amides is 1. The van der Waals surface area contributed by atoms with E-state index in [-0.39, 0.29) is 0 Å². The van der Waals surface area contributed by atoms with Gasteiger partial charge in [0.15, 0.2) is 11.2 Å². The lowest BCUT2D eigenvalue weighted by atomic mass is 10.2. The summed E-state index contributed by atoms with van der Waals surface area (Å²) in [7, 11) is 1.81. The number of rotatable bonds is 5. The van der Waals surface area contributed by atoms with Crippen LogP contribution in [0.1, 0.15) is 11.3 Å². The highest BCUT2D eigenvalue weighted by Crippen LogP contribution is 2.26. The molecule has 0 fully saturated rings. The zero-order valence-corrected chi connectivity index (χ0v) is 16.2. The van der Waals surface area contributed by atoms with Crippen molar-refractivity contribution in [3.05, 3.63) is 75.4 Å². The first kappa shape index (κ1) is 20.3. The summed E-state index contributed by atoms with van der Waals surface area (Å²) in [4.78, 5) is 25.8. The van der Waals surface area contributed by atoms with Gasteiger partial charge in [-0.2, -0.15) is 0 Å². The van der Waals surface area contributed by atoms with E-state index in [1.54, 1.807) is 9.36 Å². The lowest BCUT2D eigenvalue weighted by Crippen LogP contribution is -2.30. The number of aromatic hydroxyl groups is 1. The molecule has 2 amide bonds. The topological polar surface area (TPSA) is 153 Å². The summed E-state index contributed by atoms with van der Waals surface area (Å²) in [5.74, 6) is -0.464. The Bertz CT molecular complexity index is 1210. The standard InChI is InChI=1S/C19H19N7O4/c1-12-17(21-11-13-8-9-15(26(29)30)16(27)10-13)18(22-23-19(20)28)25(24(12)2)14-6-4-3-5-7-14/h3-11,27H,1-2H3,(H3,20,23,28)/b21-11?,22-18-. The maximum absolute atomic E-state index is 11.2. The number of carbonyl (C=O) groups excluding carboxylic acids is 1. The Labute approximate surface area is 170 Å². The van der Waals surface area contributed by atoms with E-state index in [1.165, 1.54) is 24.4 Å². The van der Waals surface area contributed by atoms with Crippen molar-refractivity contribution >= 4 is 23.6 Å². The van der Waals surface area contributed by atoms with Crippen LogP contribution >= 0.6 is 0 Å². The quantitative estimate of drug-likeness (QED) is 0.335. The number of nitro benzene ring substituents is 1. The second-order valence-corrected chi connectivity index (χ2v) is 6.28. The summed E-state index contributed by atoms with van der Waals surface area (Å²) >= 11 is 0. The van der Waals surface area contributed by atoms with Crippen molar-refractivity contribution in [1.82, 2.24) is 14.8 Å². The molecule has 0 saturated heterocycles. The van der Waals surface area contributed by atoms with Gasteiger partial charge >= 0.3 is 11.7 Å². The Morgan fingerprint density at radius 3 is 2.57 bits per heavy atom. The lowest BCUT2D eigenvalue weighted by molar-refractivity contribution is -0.385. The molecular weight excluding hydrogens is 390 g/mol. The minimum absolute atomic E-state index is 0.322. The molecule has 0 bridgehead atoms. The number of aromatic nitrogens is 2. The van der Waals surface area contributed by atoms with Crippen LogP contribution in [-0.4, -0.2) is 31.6 Å². The maximum Gasteiger partial charge on any atom is 0.332 e. The fourth-order valence-corrected chi connectivity index (χ4v) is 2.85. The van der Waals surface area contributed by atoms with Gasteiger partial charge in [-0.25, -0.2) is 14.9 Å². The number of phenolic OH excluding ortho intramolecular Hbond substituents is 1. The molecule has 1 heterocycles. The molecule has 3 rings (SSSR count). The predicted octanol–water partition coefficient (Wildman–Crippen LogP) is 1.97. The summed E-state index contributed by atoms with van der Waals surface area (Å²) in [6, 6.07) is 12.4. The molecular formula is C19H19N7O4. The van der Waals surface area contributed by atoms with Gasteiger partial charge in [0.05, 0.1) is 16.3 Å². The number of phenols is 1. The number of nitrogens with zero attached hydrogens (tertiary/aromatic N) is 5. The van der Waals surface area contributed by atoms with E-state index in [4.69, 9.17) is 5.73 Å². The van der Waals surface area contributed by atoms with Gasteiger partial charge in [-0.1, -0.05) is 18.2 Å². The van der Waals surface area contributed by atoms with Crippen LogP contribution in [0.25, 0.3) is 5.69 Å². The molecule has 11 nitrogen and oxygen atoms in total. The smallest absolute Gasteiger partial charge is 0.332 e. The zero-order chi connectivity index (χ0) is 21.8. The summed E-state index contributed by atoms with van der Waals surface area (Å²) in [5.41, 5.74) is 9.70. The molecule has 0 atom stereocenters. The fourth-order valence-electron chi connectivity index (χ4n) is 2.85. The molecule has 3 aromatic rings. The number of carbonyl (C=O) groups is 1. The number of hydrogen-bond acceptors (Lipinski definition) is 6. The van der Waals surface area contributed by atoms with E-state index >= 15 is 0 Å². The Morgan fingerprint density at radius 2 is 1.97 bits per heavy atom. The van der Waals surface area contributed by atoms with Gasteiger partial charge in [0.1, 0.15) is 5.69 Å². The number of para-hydroxylation sites is 1. The van der Waals surface area contributed by atoms with Crippen LogP contribution in [0.2, 0.25) is 0 Å². The van der Waals surface area contributed by atoms with Gasteiger partial charge in [-0.15, -0.1) is 5.10 Å². The van der Waals surface area contributed by atoms with Crippen molar-refractivity contribution in [3.63, 3.8) is 0 Å². The van der Waals surface area contributed by atoms with Crippen molar-refractivity contribution in [2.24, 2.45) is 22.9 Å². The Balaban J connectivity index is 2.14. The highest BCUT2D eigenvalue weighted by Gasteiger charge is 2.15. The molecule has 0 aliphatic heterocycles. The number of amides is 2. The van der Waals surface area contributed by atoms with Crippen molar-refractivity contribution in [3.8, 4) is 11.4 Å². The molecule has 0 saturated carbocycles. The van der Waals surface area contributed by atoms with E-state index in [1.807, 2.05) is 44.3 Å². The SMILES string of the molecule is Cc1c(N=Cc2ccc([N+](=O)[O-])c(O)c2)/c(=N/NC(N)=O)n(-c2ccccc2)n1C. The molecule has 11 heteroatoms. The summed E-state index contributed by atoms with van der Waals surface area (Å²) in [6.45, 7) is 1.82. The minimum atomic E-state index is -0.827. The van der Waals surface area contributed by atoms with Gasteiger partial charge < -0.3 is 10.8 Å². The van der Waals surface area contributed by atoms with Gasteiger partial charge in [-0.05, 0) is 36.8 Å². The third-order valence-corrected chi connectivity index (χ3v) is 4.35. The lowest BCUT2D eigenvalue weighted by Gasteiger charge is -2.08. The van der Waals surface area contributed by atoms with E-state index in [9.17, 15) is 20.0 Å². The zero-order valence-electron chi connectivity index (χ0n) is 16.2. The normalized spacial score (nSPS) is 11.7. The second kappa shape index (κ2) is 8.31. The number of benzene rings is 2. The minimum Gasteiger partial charge on any atom is -0.502 e. The first-order valence-electron chi connectivity index (χ1n) is 8.74. The molecule has 0 radical (unpaired) electrons. The second-order valence-electron chi connectivity index (χ2n) is 6.28. The maximum atomic E-state index is 11.2. The molecule has 154 valence electrons. The first-order chi connectivity index (χ1) is 14.3. The average Bonchev–Trinajstić information content (AvgIpc) is 2.95. The third kappa shape index (κ3) is 4.04. The van der Waals surface area contributed by atoms with E-state index in [0.29, 0.717) is 16.7 Å². The van der Waals surface area contributed by atoms with Gasteiger partial charge in [0.2, 0.25) is 0 Å². The summed E-state index contributed by atoms with van der Waals surface area (Å²) < 4.78 is 3.54. The van der Waals surface area contributed by atoms with Crippen molar-refractivity contribution in [2.75, 3.05) is 0 Å². The van der Waals surface area contributed by atoms with E-state index in [2.05, 4.69) is 15.5 Å². The van der Waals surface area contributed by atoms with Crippen LogP contribution in [0, 0.1) is 17.0 Å². The molecule has 0 aliphatic carbocycles. The van der Waals surface area contributed by atoms with E-state index < -0.39 is 22.4 Å². The Morgan fingerprint density at radius 1 is 1.27 bits per heavy atom. The molecule has 30 heavy (non-hydrogen) atoms. The highest BCUT2D eigenvalue weighted by molar-refractivity contribution is 5.83. The predicted molar refractivity (Wildman–Crippen MR) is 110 cm³/mol. The monoisotopic (exact) mass is 409 g/mol. The van der Waals surface area contributed by atoms with Crippen LogP contribution in [0.15, 0.2) is 58.6 Å². The summed E-state index contributed by atoms with van der Waals surface area (Å²) in [5, 5.41) is 24.8. The molecule has 2 aromatic carbocycles. The molecule has 0 spiro atoms. The highest BCUT2D eigenvalue weighted by atomic mass is 16.6. The van der Waals surface area contributed by atoms with Crippen LogP contribution in [-0.2, 0) is 7.05 Å². The largest absolute Gasteiger partial charge is 0.502 e. The van der Waals surface area contributed by atoms with Crippen LogP contribution in [0.4, 0.5) is 16.2 Å². The van der Waals surface area contributed by atoms with Crippen molar-refractivity contribution in [2.45, 2.75) is 6.92 Å². The fraction of sp³-hybridized carbons (Fsp3) is 0.105. The van der Waals surface area contributed by atoms with Crippen LogP contribution < -0.4 is 16.6 Å². The van der Waals surface area contributed by atoms with Gasteiger partial charge in [0.25, 0.3) is 0 Å². The molecule has 0 unspecified atom stereocenters. The van der Waals surface area contributed by atoms with Gasteiger partial charge in [-0.3, -0.25) is 19.8 Å². The molecule has 1 aromatic heterocycles. The number of aliphatic imine (C=N–C) groups is 1. The number of nitrogens with two attached hydrogens (primary N) is 1. The summed E-state index contributed by atoms with van der Waals surface area (Å²) in [6.07, 6.45) is 1.43. The Hall–Kier alpha value is -4.41. The third-order valence-electron chi connectivity index (χ3n) is 4.35. The average molecular weight is 409 g/mol. The van der Waals surface area contributed by atoms with Crippen molar-refractivity contribution < 1.29 is 14.8 Å². The van der Waals surface area contributed by atoms with Crippen LogP contribution in [0.3, 0.4) is 0 Å². The van der Waals surface area contributed by atoms with Gasteiger partial charge in [0, 0.05) is 19.3 Å². The van der Waals surface area contributed by atoms with Crippen molar-refractivity contribution in [1.29, 1.82) is 0 Å². The van der Waals surface area contributed by atoms with Crippen LogP contribution in [0.5, 0.6) is 5.75 Å². The number of urea groups is 1. The number of hydrogen-bond donors (Lipinski definition) is 3. The first-order valence-corrected chi connectivity index (χ1v) is 8.74. The number of nitrogens with one attached hydrogen (secondary N) is 1. The molecule has 0 aliphatic rings. The molecule has 4 N–H and O–H groups in total. The number of nitro groups is 1. The Kier molecular flexibility index (Phi) is 5.63. The van der Waals surface area contributed by atoms with E-state index in [0.717, 1.165) is 11.4 Å².